The Morgan fingerprint density at radius 1 is 1.31 bits per heavy atom. The summed E-state index contributed by atoms with van der Waals surface area (Å²) in [7, 11) is 0. The highest BCUT2D eigenvalue weighted by atomic mass is 35.5. The second-order valence-electron chi connectivity index (χ2n) is 4.38. The minimum atomic E-state index is -0.527. The van der Waals surface area contributed by atoms with Gasteiger partial charge < -0.3 is 16.2 Å². The molecule has 4 N–H and O–H groups in total. The van der Waals surface area contributed by atoms with Gasteiger partial charge in [-0.2, -0.15) is 0 Å². The Bertz CT molecular complexity index is 392. The number of hydrogen-bond acceptors (Lipinski definition) is 3. The number of aliphatic hydroxyl groups excluding tert-OH is 1. The largest absolute Gasteiger partial charge is 0.397 e. The third-order valence-electron chi connectivity index (χ3n) is 2.59. The zero-order chi connectivity index (χ0) is 12.5. The second-order valence-corrected chi connectivity index (χ2v) is 5.19. The normalized spacial score (nSPS) is 13.6. The predicted molar refractivity (Wildman–Crippen MR) is 70.3 cm³/mol. The molecule has 0 aliphatic carbocycles. The van der Waals surface area contributed by atoms with E-state index in [-0.39, 0.29) is 0 Å². The Balaban J connectivity index is 3.02. The van der Waals surface area contributed by atoms with Gasteiger partial charge in [0.25, 0.3) is 0 Å². The van der Waals surface area contributed by atoms with Gasteiger partial charge in [-0.1, -0.05) is 23.2 Å². The summed E-state index contributed by atoms with van der Waals surface area (Å²) in [5, 5.41) is 13.6. The molecule has 1 atom stereocenters. The monoisotopic (exact) mass is 262 g/mol. The molecule has 0 spiro atoms. The Hall–Kier alpha value is -0.640. The van der Waals surface area contributed by atoms with Crippen molar-refractivity contribution >= 4 is 34.6 Å². The summed E-state index contributed by atoms with van der Waals surface area (Å²) in [5.41, 5.74) is 6.49. The van der Waals surface area contributed by atoms with E-state index < -0.39 is 11.6 Å². The van der Waals surface area contributed by atoms with Crippen LogP contribution < -0.4 is 11.1 Å². The van der Waals surface area contributed by atoms with Gasteiger partial charge in [-0.25, -0.2) is 0 Å². The van der Waals surface area contributed by atoms with Crippen molar-refractivity contribution in [3.05, 3.63) is 22.2 Å². The van der Waals surface area contributed by atoms with Crippen LogP contribution in [0, 0.1) is 0 Å². The van der Waals surface area contributed by atoms with E-state index in [1.165, 1.54) is 0 Å². The van der Waals surface area contributed by atoms with Crippen LogP contribution in [-0.2, 0) is 0 Å². The summed E-state index contributed by atoms with van der Waals surface area (Å²) in [6, 6.07) is 3.24. The van der Waals surface area contributed by atoms with Gasteiger partial charge in [-0.3, -0.25) is 0 Å². The van der Waals surface area contributed by atoms with Crippen LogP contribution in [0.2, 0.25) is 10.0 Å². The van der Waals surface area contributed by atoms with Crippen LogP contribution >= 0.6 is 23.2 Å². The lowest BCUT2D eigenvalue weighted by Gasteiger charge is -2.31. The Morgan fingerprint density at radius 3 is 2.31 bits per heavy atom. The summed E-state index contributed by atoms with van der Waals surface area (Å²) >= 11 is 11.7. The summed E-state index contributed by atoms with van der Waals surface area (Å²) in [6.45, 7) is 5.46. The fraction of sp³-hybridized carbons (Fsp3) is 0.455. The Labute approximate surface area is 106 Å². The van der Waals surface area contributed by atoms with E-state index in [2.05, 4.69) is 5.32 Å². The molecule has 0 aliphatic rings. The SMILES string of the molecule is CC(O)C(C)(C)Nc1cc(Cl)c(Cl)cc1N. The van der Waals surface area contributed by atoms with Crippen LogP contribution in [0.5, 0.6) is 0 Å². The molecule has 0 radical (unpaired) electrons. The third kappa shape index (κ3) is 2.94. The Morgan fingerprint density at radius 2 is 1.81 bits per heavy atom. The van der Waals surface area contributed by atoms with Crippen molar-refractivity contribution in [3.63, 3.8) is 0 Å². The van der Waals surface area contributed by atoms with Crippen molar-refractivity contribution in [2.45, 2.75) is 32.4 Å². The average Bonchev–Trinajstić information content (AvgIpc) is 2.13. The van der Waals surface area contributed by atoms with E-state index in [1.54, 1.807) is 19.1 Å². The number of hydrogen-bond donors (Lipinski definition) is 3. The number of halogens is 2. The molecular weight excluding hydrogens is 247 g/mol. The highest BCUT2D eigenvalue weighted by molar-refractivity contribution is 6.42. The van der Waals surface area contributed by atoms with E-state index in [9.17, 15) is 5.11 Å². The van der Waals surface area contributed by atoms with Gasteiger partial charge >= 0.3 is 0 Å². The maximum atomic E-state index is 9.59. The quantitative estimate of drug-likeness (QED) is 0.734. The fourth-order valence-corrected chi connectivity index (χ4v) is 1.46. The topological polar surface area (TPSA) is 58.3 Å². The molecule has 0 aromatic heterocycles. The first kappa shape index (κ1) is 13.4. The highest BCUT2D eigenvalue weighted by Gasteiger charge is 2.24. The van der Waals surface area contributed by atoms with Crippen LogP contribution in [0.4, 0.5) is 11.4 Å². The molecule has 0 bridgehead atoms. The van der Waals surface area contributed by atoms with Crippen LogP contribution in [0.15, 0.2) is 12.1 Å². The smallest absolute Gasteiger partial charge is 0.0736 e. The van der Waals surface area contributed by atoms with Crippen molar-refractivity contribution < 1.29 is 5.11 Å². The van der Waals surface area contributed by atoms with Crippen molar-refractivity contribution in [2.75, 3.05) is 11.1 Å². The maximum absolute atomic E-state index is 9.59. The van der Waals surface area contributed by atoms with Gasteiger partial charge in [0.15, 0.2) is 0 Å². The second kappa shape index (κ2) is 4.70. The minimum Gasteiger partial charge on any atom is -0.397 e. The van der Waals surface area contributed by atoms with Crippen LogP contribution in [-0.4, -0.2) is 16.7 Å². The first-order valence-electron chi connectivity index (χ1n) is 4.95. The molecule has 5 heteroatoms. The molecular formula is C11H16Cl2N2O. The number of aliphatic hydroxyl groups is 1. The first-order valence-corrected chi connectivity index (χ1v) is 5.70. The van der Waals surface area contributed by atoms with Crippen LogP contribution in [0.25, 0.3) is 0 Å². The standard InChI is InChI=1S/C11H16Cl2N2O/c1-6(16)11(2,3)15-10-5-8(13)7(12)4-9(10)14/h4-6,15-16H,14H2,1-3H3. The van der Waals surface area contributed by atoms with Gasteiger partial charge in [-0.05, 0) is 32.9 Å². The summed E-state index contributed by atoms with van der Waals surface area (Å²) in [4.78, 5) is 0. The van der Waals surface area contributed by atoms with E-state index in [0.29, 0.717) is 21.4 Å². The molecule has 1 aromatic carbocycles. The molecule has 90 valence electrons. The van der Waals surface area contributed by atoms with E-state index in [4.69, 9.17) is 28.9 Å². The van der Waals surface area contributed by atoms with Crippen molar-refractivity contribution in [1.29, 1.82) is 0 Å². The molecule has 16 heavy (non-hydrogen) atoms. The van der Waals surface area contributed by atoms with Gasteiger partial charge in [0.2, 0.25) is 0 Å². The number of nitrogens with two attached hydrogens (primary N) is 1. The van der Waals surface area contributed by atoms with Crippen LogP contribution in [0.1, 0.15) is 20.8 Å². The molecule has 0 amide bonds. The highest BCUT2D eigenvalue weighted by Crippen LogP contribution is 2.32. The lowest BCUT2D eigenvalue weighted by atomic mass is 9.98. The zero-order valence-corrected chi connectivity index (χ0v) is 11.0. The minimum absolute atomic E-state index is 0.416. The van der Waals surface area contributed by atoms with Gasteiger partial charge in [0.05, 0.1) is 33.1 Å². The molecule has 0 fully saturated rings. The summed E-state index contributed by atoms with van der Waals surface area (Å²) in [5.74, 6) is 0. The van der Waals surface area contributed by atoms with E-state index >= 15 is 0 Å². The van der Waals surface area contributed by atoms with E-state index in [0.717, 1.165) is 0 Å². The first-order chi connectivity index (χ1) is 7.24. The van der Waals surface area contributed by atoms with Crippen LogP contribution in [0.3, 0.4) is 0 Å². The Kier molecular flexibility index (Phi) is 3.94. The predicted octanol–water partition coefficient (Wildman–Crippen LogP) is 3.15. The van der Waals surface area contributed by atoms with Crippen molar-refractivity contribution in [1.82, 2.24) is 0 Å². The summed E-state index contributed by atoms with van der Waals surface area (Å²) < 4.78 is 0. The average molecular weight is 263 g/mol. The number of nitrogens with one attached hydrogen (secondary N) is 1. The lowest BCUT2D eigenvalue weighted by Crippen LogP contribution is -2.42. The van der Waals surface area contributed by atoms with Gasteiger partial charge in [0, 0.05) is 0 Å². The molecule has 0 saturated carbocycles. The molecule has 0 saturated heterocycles. The number of rotatable bonds is 3. The lowest BCUT2D eigenvalue weighted by molar-refractivity contribution is 0.133. The number of anilines is 2. The molecule has 3 nitrogen and oxygen atoms in total. The number of benzene rings is 1. The maximum Gasteiger partial charge on any atom is 0.0736 e. The summed E-state index contributed by atoms with van der Waals surface area (Å²) in [6.07, 6.45) is -0.527. The fourth-order valence-electron chi connectivity index (χ4n) is 1.12. The third-order valence-corrected chi connectivity index (χ3v) is 3.32. The molecule has 0 heterocycles. The number of nitrogen functional groups attached to an aromatic ring is 1. The van der Waals surface area contributed by atoms with Crippen molar-refractivity contribution in [2.24, 2.45) is 0 Å². The molecule has 1 unspecified atom stereocenters. The molecule has 0 aliphatic heterocycles. The van der Waals surface area contributed by atoms with E-state index in [1.807, 2.05) is 13.8 Å². The molecule has 1 rings (SSSR count). The van der Waals surface area contributed by atoms with Gasteiger partial charge in [-0.15, -0.1) is 0 Å². The zero-order valence-electron chi connectivity index (χ0n) is 9.51. The van der Waals surface area contributed by atoms with Gasteiger partial charge in [0.1, 0.15) is 0 Å². The molecule has 1 aromatic rings. The van der Waals surface area contributed by atoms with Crippen molar-refractivity contribution in [3.8, 4) is 0 Å².